The summed E-state index contributed by atoms with van der Waals surface area (Å²) >= 11 is 0. The van der Waals surface area contributed by atoms with Crippen molar-refractivity contribution in [3.05, 3.63) is 77.1 Å². The van der Waals surface area contributed by atoms with Gasteiger partial charge in [0.1, 0.15) is 18.2 Å². The predicted octanol–water partition coefficient (Wildman–Crippen LogP) is 5.26. The van der Waals surface area contributed by atoms with E-state index in [4.69, 9.17) is 19.3 Å². The fourth-order valence-electron chi connectivity index (χ4n) is 4.24. The minimum Gasteiger partial charge on any atom is -0.492 e. The number of benzene rings is 3. The molecule has 0 fully saturated rings. The van der Waals surface area contributed by atoms with Crippen molar-refractivity contribution in [2.45, 2.75) is 25.4 Å². The van der Waals surface area contributed by atoms with Crippen molar-refractivity contribution >= 4 is 5.97 Å². The van der Waals surface area contributed by atoms with Gasteiger partial charge in [-0.25, -0.2) is 4.39 Å². The number of hydrogen-bond donors (Lipinski definition) is 1. The smallest absolute Gasteiger partial charge is 0.304 e. The average molecular weight is 420 g/mol. The van der Waals surface area contributed by atoms with Crippen LogP contribution in [0.4, 0.5) is 4.39 Å². The first kappa shape index (κ1) is 19.4. The van der Waals surface area contributed by atoms with Crippen molar-refractivity contribution in [1.82, 2.24) is 0 Å². The Morgan fingerprint density at radius 3 is 2.68 bits per heavy atom. The molecule has 2 aliphatic heterocycles. The highest BCUT2D eigenvalue weighted by atomic mass is 19.1. The molecule has 0 bridgehead atoms. The third-order valence-corrected chi connectivity index (χ3v) is 5.79. The first-order valence-corrected chi connectivity index (χ1v) is 10.2. The zero-order valence-corrected chi connectivity index (χ0v) is 16.9. The number of carboxylic acid groups (broad SMARTS) is 1. The second kappa shape index (κ2) is 7.61. The van der Waals surface area contributed by atoms with Gasteiger partial charge in [0.05, 0.1) is 13.0 Å². The molecule has 1 unspecified atom stereocenters. The second-order valence-electron chi connectivity index (χ2n) is 7.94. The second-order valence-corrected chi connectivity index (χ2v) is 7.94. The largest absolute Gasteiger partial charge is 0.492 e. The standard InChI is InChI=1S/C25H21FO5/c1-14-7-18(26)5-6-19(14)15-3-2-4-16(8-15)24-13-30-22-10-20-17(9-25(27)28)12-29-21(20)11-23(22)31-24/h2-8,10-11,17,24H,9,12-13H2,1H3,(H,27,28)/t17-,24?/m1/s1. The lowest BCUT2D eigenvalue weighted by Gasteiger charge is -2.27. The summed E-state index contributed by atoms with van der Waals surface area (Å²) in [6, 6.07) is 16.3. The highest BCUT2D eigenvalue weighted by Gasteiger charge is 2.31. The van der Waals surface area contributed by atoms with Crippen LogP contribution >= 0.6 is 0 Å². The molecule has 6 heteroatoms. The predicted molar refractivity (Wildman–Crippen MR) is 112 cm³/mol. The van der Waals surface area contributed by atoms with E-state index in [2.05, 4.69) is 0 Å². The molecule has 5 rings (SSSR count). The van der Waals surface area contributed by atoms with Crippen LogP contribution in [0.2, 0.25) is 0 Å². The molecule has 0 aliphatic carbocycles. The van der Waals surface area contributed by atoms with Crippen LogP contribution in [0.1, 0.15) is 35.1 Å². The van der Waals surface area contributed by atoms with E-state index in [1.54, 1.807) is 12.1 Å². The number of hydrogen-bond acceptors (Lipinski definition) is 4. The van der Waals surface area contributed by atoms with Gasteiger partial charge in [0, 0.05) is 17.5 Å². The lowest BCUT2D eigenvalue weighted by Crippen LogP contribution is -2.21. The van der Waals surface area contributed by atoms with Crippen LogP contribution in [0, 0.1) is 12.7 Å². The molecule has 2 atom stereocenters. The highest BCUT2D eigenvalue weighted by Crippen LogP contribution is 2.46. The molecule has 158 valence electrons. The van der Waals surface area contributed by atoms with E-state index in [-0.39, 0.29) is 24.3 Å². The van der Waals surface area contributed by atoms with Gasteiger partial charge in [-0.1, -0.05) is 24.3 Å². The van der Waals surface area contributed by atoms with E-state index < -0.39 is 5.97 Å². The molecule has 3 aromatic carbocycles. The molecule has 1 N–H and O–H groups in total. The minimum absolute atomic E-state index is 0.0187. The maximum Gasteiger partial charge on any atom is 0.304 e. The molecule has 0 saturated heterocycles. The van der Waals surface area contributed by atoms with Gasteiger partial charge in [-0.05, 0) is 53.4 Å². The molecule has 5 nitrogen and oxygen atoms in total. The van der Waals surface area contributed by atoms with E-state index >= 15 is 0 Å². The zero-order valence-electron chi connectivity index (χ0n) is 16.9. The number of halogens is 1. The third-order valence-electron chi connectivity index (χ3n) is 5.79. The van der Waals surface area contributed by atoms with Gasteiger partial charge in [-0.15, -0.1) is 0 Å². The van der Waals surface area contributed by atoms with Gasteiger partial charge in [0.25, 0.3) is 0 Å². The van der Waals surface area contributed by atoms with Gasteiger partial charge in [-0.3, -0.25) is 4.79 Å². The Balaban J connectivity index is 1.41. The van der Waals surface area contributed by atoms with Gasteiger partial charge in [-0.2, -0.15) is 0 Å². The topological polar surface area (TPSA) is 65.0 Å². The molecule has 0 amide bonds. The van der Waals surface area contributed by atoms with Crippen molar-refractivity contribution in [1.29, 1.82) is 0 Å². The average Bonchev–Trinajstić information content (AvgIpc) is 3.12. The zero-order chi connectivity index (χ0) is 21.5. The van der Waals surface area contributed by atoms with Crippen LogP contribution in [-0.4, -0.2) is 24.3 Å². The molecule has 3 aromatic rings. The van der Waals surface area contributed by atoms with Crippen LogP contribution in [-0.2, 0) is 4.79 Å². The number of aryl methyl sites for hydroxylation is 1. The SMILES string of the molecule is Cc1cc(F)ccc1-c1cccc(C2COc3cc4c(cc3O2)OC[C@H]4CC(=O)O)c1. The summed E-state index contributed by atoms with van der Waals surface area (Å²) in [6.07, 6.45) is -0.285. The summed E-state index contributed by atoms with van der Waals surface area (Å²) in [5, 5.41) is 9.10. The third kappa shape index (κ3) is 3.69. The summed E-state index contributed by atoms with van der Waals surface area (Å²) in [4.78, 5) is 11.1. The number of fused-ring (bicyclic) bond motifs is 2. The number of rotatable bonds is 4. The molecule has 31 heavy (non-hydrogen) atoms. The highest BCUT2D eigenvalue weighted by molar-refractivity contribution is 5.69. The van der Waals surface area contributed by atoms with Crippen molar-refractivity contribution in [3.63, 3.8) is 0 Å². The summed E-state index contributed by atoms with van der Waals surface area (Å²) in [6.45, 7) is 2.56. The van der Waals surface area contributed by atoms with E-state index in [0.717, 1.165) is 27.8 Å². The number of carbonyl (C=O) groups is 1. The monoisotopic (exact) mass is 420 g/mol. The number of ether oxygens (including phenoxy) is 3. The summed E-state index contributed by atoms with van der Waals surface area (Å²) in [5.74, 6) is 0.529. The fourth-order valence-corrected chi connectivity index (χ4v) is 4.24. The molecule has 2 aliphatic rings. The number of aliphatic carboxylic acids is 1. The van der Waals surface area contributed by atoms with Crippen molar-refractivity contribution in [2.24, 2.45) is 0 Å². The normalized spacial score (nSPS) is 18.9. The Kier molecular flexibility index (Phi) is 4.77. The number of carboxylic acids is 1. The van der Waals surface area contributed by atoms with Gasteiger partial charge in [0.2, 0.25) is 0 Å². The molecular formula is C25H21FO5. The first-order chi connectivity index (χ1) is 15.0. The maximum absolute atomic E-state index is 13.5. The molecule has 0 radical (unpaired) electrons. The van der Waals surface area contributed by atoms with Crippen molar-refractivity contribution < 1.29 is 28.5 Å². The van der Waals surface area contributed by atoms with Crippen LogP contribution < -0.4 is 14.2 Å². The van der Waals surface area contributed by atoms with Gasteiger partial charge in [0.15, 0.2) is 17.6 Å². The quantitative estimate of drug-likeness (QED) is 0.623. The Bertz CT molecular complexity index is 1170. The summed E-state index contributed by atoms with van der Waals surface area (Å²) < 4.78 is 31.4. The molecule has 0 saturated carbocycles. The Morgan fingerprint density at radius 1 is 1.03 bits per heavy atom. The molecule has 2 heterocycles. The first-order valence-electron chi connectivity index (χ1n) is 10.2. The van der Waals surface area contributed by atoms with E-state index in [9.17, 15) is 9.18 Å². The lowest BCUT2D eigenvalue weighted by atomic mass is 9.96. The van der Waals surface area contributed by atoms with Crippen molar-refractivity contribution in [2.75, 3.05) is 13.2 Å². The maximum atomic E-state index is 13.5. The van der Waals surface area contributed by atoms with Crippen molar-refractivity contribution in [3.8, 4) is 28.4 Å². The summed E-state index contributed by atoms with van der Waals surface area (Å²) in [5.41, 5.74) is 4.62. The van der Waals surface area contributed by atoms with Gasteiger partial charge < -0.3 is 19.3 Å². The molecular weight excluding hydrogens is 399 g/mol. The Labute approximate surface area is 179 Å². The summed E-state index contributed by atoms with van der Waals surface area (Å²) in [7, 11) is 0. The van der Waals surface area contributed by atoms with E-state index in [1.807, 2.05) is 37.3 Å². The Morgan fingerprint density at radius 2 is 1.87 bits per heavy atom. The lowest BCUT2D eigenvalue weighted by molar-refractivity contribution is -0.137. The van der Waals surface area contributed by atoms with Gasteiger partial charge >= 0.3 is 5.97 Å². The molecule has 0 spiro atoms. The van der Waals surface area contributed by atoms with Crippen LogP contribution in [0.15, 0.2) is 54.6 Å². The molecule has 0 aromatic heterocycles. The van der Waals surface area contributed by atoms with Crippen LogP contribution in [0.5, 0.6) is 17.2 Å². The van der Waals surface area contributed by atoms with E-state index in [0.29, 0.717) is 30.5 Å². The minimum atomic E-state index is -0.854. The van der Waals surface area contributed by atoms with Crippen LogP contribution in [0.3, 0.4) is 0 Å². The van der Waals surface area contributed by atoms with Crippen LogP contribution in [0.25, 0.3) is 11.1 Å². The van der Waals surface area contributed by atoms with E-state index in [1.165, 1.54) is 12.1 Å². The Hall–Kier alpha value is -3.54. The fraction of sp³-hybridized carbons (Fsp3) is 0.240.